The van der Waals surface area contributed by atoms with Gasteiger partial charge < -0.3 is 11.1 Å². The summed E-state index contributed by atoms with van der Waals surface area (Å²) in [6, 6.07) is 9.07. The lowest BCUT2D eigenvalue weighted by Gasteiger charge is -2.13. The van der Waals surface area contributed by atoms with Gasteiger partial charge in [0.2, 0.25) is 0 Å². The number of anilines is 3. The topological polar surface area (TPSA) is 38.0 Å². The molecule has 0 amide bonds. The van der Waals surface area contributed by atoms with Gasteiger partial charge in [-0.2, -0.15) is 0 Å². The summed E-state index contributed by atoms with van der Waals surface area (Å²) in [5.74, 6) is -0.280. The molecule has 0 atom stereocenters. The van der Waals surface area contributed by atoms with E-state index in [4.69, 9.17) is 5.73 Å². The van der Waals surface area contributed by atoms with Gasteiger partial charge in [0.1, 0.15) is 5.82 Å². The SMILES string of the molecule is Cc1cc(Nc2cccc(I)c2C)c(N)cc1F. The van der Waals surface area contributed by atoms with Gasteiger partial charge in [0.25, 0.3) is 0 Å². The smallest absolute Gasteiger partial charge is 0.128 e. The van der Waals surface area contributed by atoms with Crippen LogP contribution in [-0.2, 0) is 0 Å². The summed E-state index contributed by atoms with van der Waals surface area (Å²) in [5, 5.41) is 3.25. The van der Waals surface area contributed by atoms with E-state index in [1.165, 1.54) is 9.64 Å². The molecule has 0 radical (unpaired) electrons. The van der Waals surface area contributed by atoms with E-state index >= 15 is 0 Å². The lowest BCUT2D eigenvalue weighted by atomic mass is 10.1. The summed E-state index contributed by atoms with van der Waals surface area (Å²) in [7, 11) is 0. The first-order valence-corrected chi connectivity index (χ1v) is 6.64. The Morgan fingerprint density at radius 3 is 2.61 bits per heavy atom. The Kier molecular flexibility index (Phi) is 3.75. The third-order valence-electron chi connectivity index (χ3n) is 2.87. The van der Waals surface area contributed by atoms with Crippen molar-refractivity contribution >= 4 is 39.7 Å². The summed E-state index contributed by atoms with van der Waals surface area (Å²) in [4.78, 5) is 0. The van der Waals surface area contributed by atoms with Crippen LogP contribution in [0.2, 0.25) is 0 Å². The van der Waals surface area contributed by atoms with Crippen LogP contribution in [0.25, 0.3) is 0 Å². The predicted molar refractivity (Wildman–Crippen MR) is 82.7 cm³/mol. The Labute approximate surface area is 120 Å². The van der Waals surface area contributed by atoms with E-state index in [9.17, 15) is 4.39 Å². The molecule has 3 N–H and O–H groups in total. The maximum Gasteiger partial charge on any atom is 0.128 e. The van der Waals surface area contributed by atoms with Crippen molar-refractivity contribution in [3.63, 3.8) is 0 Å². The quantitative estimate of drug-likeness (QED) is 0.619. The van der Waals surface area contributed by atoms with E-state index < -0.39 is 0 Å². The molecule has 0 unspecified atom stereocenters. The van der Waals surface area contributed by atoms with Crippen molar-refractivity contribution < 1.29 is 4.39 Å². The molecule has 0 heterocycles. The number of hydrogen-bond donors (Lipinski definition) is 2. The zero-order chi connectivity index (χ0) is 13.3. The fourth-order valence-electron chi connectivity index (χ4n) is 1.69. The zero-order valence-electron chi connectivity index (χ0n) is 10.2. The first-order chi connectivity index (χ1) is 8.49. The van der Waals surface area contributed by atoms with Crippen LogP contribution in [0.3, 0.4) is 0 Å². The largest absolute Gasteiger partial charge is 0.397 e. The predicted octanol–water partition coefficient (Wildman–Crippen LogP) is 4.37. The minimum Gasteiger partial charge on any atom is -0.397 e. The van der Waals surface area contributed by atoms with Crippen molar-refractivity contribution in [3.05, 3.63) is 50.8 Å². The summed E-state index contributed by atoms with van der Waals surface area (Å²) >= 11 is 2.28. The molecule has 94 valence electrons. The third kappa shape index (κ3) is 2.58. The Morgan fingerprint density at radius 2 is 1.89 bits per heavy atom. The van der Waals surface area contributed by atoms with E-state index in [0.717, 1.165) is 16.9 Å². The molecule has 2 aromatic rings. The normalized spacial score (nSPS) is 10.4. The molecule has 4 heteroatoms. The van der Waals surface area contributed by atoms with Crippen molar-refractivity contribution in [2.45, 2.75) is 13.8 Å². The van der Waals surface area contributed by atoms with Crippen LogP contribution in [-0.4, -0.2) is 0 Å². The summed E-state index contributed by atoms with van der Waals surface area (Å²) in [6.07, 6.45) is 0. The second kappa shape index (κ2) is 5.14. The fourth-order valence-corrected chi connectivity index (χ4v) is 2.19. The van der Waals surface area contributed by atoms with Gasteiger partial charge in [-0.3, -0.25) is 0 Å². The van der Waals surface area contributed by atoms with Crippen LogP contribution in [0.4, 0.5) is 21.5 Å². The lowest BCUT2D eigenvalue weighted by molar-refractivity contribution is 0.619. The number of rotatable bonds is 2. The summed E-state index contributed by atoms with van der Waals surface area (Å²) < 4.78 is 14.5. The molecular formula is C14H14FIN2. The molecule has 18 heavy (non-hydrogen) atoms. The van der Waals surface area contributed by atoms with Crippen LogP contribution < -0.4 is 11.1 Å². The van der Waals surface area contributed by atoms with Crippen molar-refractivity contribution in [1.82, 2.24) is 0 Å². The standard InChI is InChI=1S/C14H14FIN2/c1-8-6-14(12(17)7-10(8)15)18-13-5-3-4-11(16)9(13)2/h3-7,18H,17H2,1-2H3. The average Bonchev–Trinajstić information content (AvgIpc) is 2.32. The molecular weight excluding hydrogens is 342 g/mol. The van der Waals surface area contributed by atoms with E-state index in [2.05, 4.69) is 27.9 Å². The van der Waals surface area contributed by atoms with Crippen molar-refractivity contribution in [1.29, 1.82) is 0 Å². The monoisotopic (exact) mass is 356 g/mol. The van der Waals surface area contributed by atoms with Gasteiger partial charge in [0.15, 0.2) is 0 Å². The molecule has 0 bridgehead atoms. The minimum absolute atomic E-state index is 0.280. The average molecular weight is 356 g/mol. The number of halogens is 2. The van der Waals surface area contributed by atoms with Crippen LogP contribution in [0.15, 0.2) is 30.3 Å². The molecule has 0 aliphatic carbocycles. The molecule has 0 aliphatic heterocycles. The Hall–Kier alpha value is -1.30. The van der Waals surface area contributed by atoms with Crippen LogP contribution in [0.5, 0.6) is 0 Å². The third-order valence-corrected chi connectivity index (χ3v) is 4.04. The number of nitrogens with two attached hydrogens (primary N) is 1. The highest BCUT2D eigenvalue weighted by Crippen LogP contribution is 2.29. The van der Waals surface area contributed by atoms with E-state index in [0.29, 0.717) is 11.3 Å². The van der Waals surface area contributed by atoms with Gasteiger partial charge in [-0.15, -0.1) is 0 Å². The number of nitrogens with one attached hydrogen (secondary N) is 1. The van der Waals surface area contributed by atoms with Gasteiger partial charge in [-0.1, -0.05) is 6.07 Å². The molecule has 2 nitrogen and oxygen atoms in total. The zero-order valence-corrected chi connectivity index (χ0v) is 12.4. The van der Waals surface area contributed by atoms with E-state index in [-0.39, 0.29) is 5.82 Å². The second-order valence-corrected chi connectivity index (χ2v) is 5.39. The summed E-state index contributed by atoms with van der Waals surface area (Å²) in [6.45, 7) is 3.76. The minimum atomic E-state index is -0.280. The Bertz CT molecular complexity index is 597. The Balaban J connectivity index is 2.40. The number of hydrogen-bond acceptors (Lipinski definition) is 2. The number of aryl methyl sites for hydroxylation is 1. The fraction of sp³-hybridized carbons (Fsp3) is 0.143. The van der Waals surface area contributed by atoms with Crippen molar-refractivity contribution in [2.75, 3.05) is 11.1 Å². The highest BCUT2D eigenvalue weighted by molar-refractivity contribution is 14.1. The molecule has 0 spiro atoms. The first-order valence-electron chi connectivity index (χ1n) is 5.57. The molecule has 2 rings (SSSR count). The first kappa shape index (κ1) is 13.1. The van der Waals surface area contributed by atoms with Crippen molar-refractivity contribution in [2.24, 2.45) is 0 Å². The molecule has 0 aromatic heterocycles. The Morgan fingerprint density at radius 1 is 1.17 bits per heavy atom. The van der Waals surface area contributed by atoms with Crippen LogP contribution >= 0.6 is 22.6 Å². The maximum atomic E-state index is 13.3. The van der Waals surface area contributed by atoms with Gasteiger partial charge in [-0.25, -0.2) is 4.39 Å². The van der Waals surface area contributed by atoms with Gasteiger partial charge in [0.05, 0.1) is 11.4 Å². The van der Waals surface area contributed by atoms with Crippen molar-refractivity contribution in [3.8, 4) is 0 Å². The maximum absolute atomic E-state index is 13.3. The second-order valence-electron chi connectivity index (χ2n) is 4.23. The van der Waals surface area contributed by atoms with E-state index in [1.807, 2.05) is 25.1 Å². The van der Waals surface area contributed by atoms with E-state index in [1.54, 1.807) is 13.0 Å². The molecule has 0 aliphatic rings. The van der Waals surface area contributed by atoms with Gasteiger partial charge in [-0.05, 0) is 71.8 Å². The summed E-state index contributed by atoms with van der Waals surface area (Å²) in [5.41, 5.74) is 9.69. The highest BCUT2D eigenvalue weighted by atomic mass is 127. The molecule has 0 saturated heterocycles. The van der Waals surface area contributed by atoms with Crippen LogP contribution in [0.1, 0.15) is 11.1 Å². The molecule has 0 saturated carbocycles. The highest BCUT2D eigenvalue weighted by Gasteiger charge is 2.07. The van der Waals surface area contributed by atoms with Gasteiger partial charge >= 0.3 is 0 Å². The molecule has 0 fully saturated rings. The molecule has 2 aromatic carbocycles. The number of benzene rings is 2. The van der Waals surface area contributed by atoms with Crippen LogP contribution in [0, 0.1) is 23.2 Å². The lowest BCUT2D eigenvalue weighted by Crippen LogP contribution is -2.00. The van der Waals surface area contributed by atoms with Gasteiger partial charge in [0, 0.05) is 9.26 Å². The number of nitrogen functional groups attached to an aromatic ring is 1.